The number of rotatable bonds is 11. The summed E-state index contributed by atoms with van der Waals surface area (Å²) in [5.41, 5.74) is 3.32. The molecule has 0 spiro atoms. The van der Waals surface area contributed by atoms with Gasteiger partial charge in [0.2, 0.25) is 5.91 Å². The number of imidazole rings is 1. The molecule has 0 bridgehead atoms. The zero-order chi connectivity index (χ0) is 41.0. The van der Waals surface area contributed by atoms with Crippen molar-refractivity contribution in [3.05, 3.63) is 114 Å². The van der Waals surface area contributed by atoms with E-state index in [9.17, 15) is 29.1 Å². The fraction of sp³-hybridized carbons (Fsp3) is 0.409. The standard InChI is InChI=1S/C44H51N7O7/c1-44(2,3)58-43(57)49-37(30-14-8-5-9-15-30)41(54)50-22-10-16-34(50)38-45-26-33(47-38)28-20-18-27(19-21-28)31-24-32(25-31)46-39(52)35-17-11-23-51(35)40(53)36(48-42(55)56)29-12-6-4-7-13-29/h4-9,12-15,18-21,26,31-32,34-37,48H,10-11,16-17,22-25H2,1-3H3,(H,45,47)(H,46,52)(H,49,57)(H,55,56)/t31?,32?,34-,35-,36+,37+/m0/s1. The second-order valence-corrected chi connectivity index (χ2v) is 16.3. The number of aromatic amines is 1. The van der Waals surface area contributed by atoms with Crippen LogP contribution in [0, 0.1) is 0 Å². The maximum absolute atomic E-state index is 14.1. The van der Waals surface area contributed by atoms with Crippen LogP contribution in [0.15, 0.2) is 91.1 Å². The molecule has 58 heavy (non-hydrogen) atoms. The van der Waals surface area contributed by atoms with Gasteiger partial charge in [-0.05, 0) is 81.9 Å². The Balaban J connectivity index is 0.945. The Hall–Kier alpha value is -6.18. The van der Waals surface area contributed by atoms with E-state index in [1.54, 1.807) is 56.0 Å². The fourth-order valence-corrected chi connectivity index (χ4v) is 8.25. The molecule has 3 heterocycles. The van der Waals surface area contributed by atoms with Crippen molar-refractivity contribution in [3.8, 4) is 11.3 Å². The number of H-pyrrole nitrogens is 1. The quantitative estimate of drug-likeness (QED) is 0.116. The minimum atomic E-state index is -1.31. The van der Waals surface area contributed by atoms with Crippen LogP contribution in [-0.4, -0.2) is 85.6 Å². The van der Waals surface area contributed by atoms with Gasteiger partial charge in [-0.3, -0.25) is 14.4 Å². The van der Waals surface area contributed by atoms with E-state index in [2.05, 4.69) is 33.1 Å². The molecule has 0 unspecified atom stereocenters. The van der Waals surface area contributed by atoms with Gasteiger partial charge in [0.15, 0.2) is 0 Å². The van der Waals surface area contributed by atoms with Gasteiger partial charge in [-0.2, -0.15) is 0 Å². The maximum Gasteiger partial charge on any atom is 0.408 e. The van der Waals surface area contributed by atoms with Gasteiger partial charge >= 0.3 is 12.2 Å². The first-order valence-electron chi connectivity index (χ1n) is 20.0. The predicted octanol–water partition coefficient (Wildman–Crippen LogP) is 6.37. The summed E-state index contributed by atoms with van der Waals surface area (Å²) in [6.07, 6.45) is 4.13. The average Bonchev–Trinajstić information content (AvgIpc) is 3.99. The lowest BCUT2D eigenvalue weighted by Gasteiger charge is -2.37. The summed E-state index contributed by atoms with van der Waals surface area (Å²) in [6, 6.07) is 23.1. The second-order valence-electron chi connectivity index (χ2n) is 16.3. The molecule has 2 aliphatic heterocycles. The van der Waals surface area contributed by atoms with E-state index in [1.807, 2.05) is 48.7 Å². The van der Waals surface area contributed by atoms with E-state index in [-0.39, 0.29) is 29.8 Å². The first kappa shape index (κ1) is 40.0. The molecular formula is C44H51N7O7. The monoisotopic (exact) mass is 789 g/mol. The molecule has 0 radical (unpaired) electrons. The number of aromatic nitrogens is 2. The molecule has 3 fully saturated rings. The lowest BCUT2D eigenvalue weighted by molar-refractivity contribution is -0.140. The Morgan fingerprint density at radius 1 is 0.793 bits per heavy atom. The van der Waals surface area contributed by atoms with Crippen molar-refractivity contribution in [1.82, 2.24) is 35.7 Å². The lowest BCUT2D eigenvalue weighted by atomic mass is 9.75. The molecule has 4 atom stereocenters. The average molecular weight is 790 g/mol. The fourth-order valence-electron chi connectivity index (χ4n) is 8.25. The van der Waals surface area contributed by atoms with Crippen LogP contribution in [0.4, 0.5) is 9.59 Å². The maximum atomic E-state index is 14.1. The Bertz CT molecular complexity index is 2100. The van der Waals surface area contributed by atoms with Gasteiger partial charge in [0.25, 0.3) is 11.8 Å². The number of benzene rings is 3. The number of hydrogen-bond donors (Lipinski definition) is 5. The van der Waals surface area contributed by atoms with Crippen molar-refractivity contribution in [3.63, 3.8) is 0 Å². The molecule has 7 rings (SSSR count). The van der Waals surface area contributed by atoms with Crippen molar-refractivity contribution in [2.45, 2.75) is 101 Å². The molecule has 3 aliphatic rings. The summed E-state index contributed by atoms with van der Waals surface area (Å²) in [7, 11) is 0. The normalized spacial score (nSPS) is 21.4. The van der Waals surface area contributed by atoms with Gasteiger partial charge in [-0.1, -0.05) is 84.9 Å². The first-order chi connectivity index (χ1) is 27.8. The zero-order valence-electron chi connectivity index (χ0n) is 33.0. The van der Waals surface area contributed by atoms with E-state index in [0.717, 1.165) is 42.5 Å². The molecule has 14 heteroatoms. The highest BCUT2D eigenvalue weighted by Gasteiger charge is 2.41. The third-order valence-electron chi connectivity index (χ3n) is 11.1. The summed E-state index contributed by atoms with van der Waals surface area (Å²) in [5.74, 6) is 0.0831. The minimum Gasteiger partial charge on any atom is -0.465 e. The third kappa shape index (κ3) is 9.17. The van der Waals surface area contributed by atoms with Crippen molar-refractivity contribution in [1.29, 1.82) is 0 Å². The number of nitrogens with one attached hydrogen (secondary N) is 4. The SMILES string of the molecule is CC(C)(C)OC(=O)N[C@@H](C(=O)N1CCC[C@H]1c1nc(-c2ccc(C3CC(NC(=O)[C@@H]4CCCN4C(=O)[C@H](NC(=O)O)c4ccccc4)C3)cc2)c[nH]1)c1ccccc1. The molecule has 304 valence electrons. The number of hydrogen-bond acceptors (Lipinski definition) is 7. The van der Waals surface area contributed by atoms with E-state index >= 15 is 0 Å². The highest BCUT2D eigenvalue weighted by Crippen LogP contribution is 2.39. The van der Waals surface area contributed by atoms with Crippen LogP contribution in [0.1, 0.15) is 106 Å². The second kappa shape index (κ2) is 17.1. The predicted molar refractivity (Wildman–Crippen MR) is 215 cm³/mol. The van der Waals surface area contributed by atoms with E-state index in [0.29, 0.717) is 42.9 Å². The Kier molecular flexibility index (Phi) is 11.8. The number of likely N-dealkylation sites (tertiary alicyclic amines) is 2. The van der Waals surface area contributed by atoms with Crippen molar-refractivity contribution >= 4 is 29.9 Å². The summed E-state index contributed by atoms with van der Waals surface area (Å²) in [4.78, 5) is 77.0. The van der Waals surface area contributed by atoms with E-state index < -0.39 is 41.8 Å². The van der Waals surface area contributed by atoms with Crippen molar-refractivity contribution in [2.75, 3.05) is 13.1 Å². The molecule has 2 saturated heterocycles. The highest BCUT2D eigenvalue weighted by atomic mass is 16.6. The van der Waals surface area contributed by atoms with Crippen LogP contribution in [0.2, 0.25) is 0 Å². The van der Waals surface area contributed by atoms with Crippen LogP contribution in [0.3, 0.4) is 0 Å². The Morgan fingerprint density at radius 2 is 1.38 bits per heavy atom. The van der Waals surface area contributed by atoms with E-state index in [4.69, 9.17) is 9.72 Å². The first-order valence-corrected chi connectivity index (χ1v) is 20.0. The molecule has 4 aromatic rings. The molecule has 14 nitrogen and oxygen atoms in total. The molecule has 5 amide bonds. The van der Waals surface area contributed by atoms with Crippen molar-refractivity contribution < 1.29 is 33.8 Å². The summed E-state index contributed by atoms with van der Waals surface area (Å²) in [5, 5.41) is 17.7. The van der Waals surface area contributed by atoms with Gasteiger partial charge in [-0.15, -0.1) is 0 Å². The number of nitrogens with zero attached hydrogens (tertiary/aromatic N) is 3. The van der Waals surface area contributed by atoms with Crippen LogP contribution in [0.25, 0.3) is 11.3 Å². The molecule has 3 aromatic carbocycles. The van der Waals surface area contributed by atoms with Gasteiger partial charge < -0.3 is 40.6 Å². The van der Waals surface area contributed by atoms with Crippen molar-refractivity contribution in [2.24, 2.45) is 0 Å². The number of ether oxygens (including phenoxy) is 1. The number of amides is 5. The molecular weight excluding hydrogens is 739 g/mol. The lowest BCUT2D eigenvalue weighted by Crippen LogP contribution is -2.53. The molecule has 5 N–H and O–H groups in total. The van der Waals surface area contributed by atoms with Gasteiger partial charge in [0, 0.05) is 30.9 Å². The van der Waals surface area contributed by atoms with E-state index in [1.165, 1.54) is 4.90 Å². The van der Waals surface area contributed by atoms with Crippen LogP contribution in [0.5, 0.6) is 0 Å². The highest BCUT2D eigenvalue weighted by molar-refractivity contribution is 5.92. The summed E-state index contributed by atoms with van der Waals surface area (Å²) >= 11 is 0. The molecule has 1 aliphatic carbocycles. The minimum absolute atomic E-state index is 0.0245. The number of carbonyl (C=O) groups excluding carboxylic acids is 4. The van der Waals surface area contributed by atoms with Gasteiger partial charge in [0.1, 0.15) is 29.6 Å². The third-order valence-corrected chi connectivity index (χ3v) is 11.1. The molecule has 1 saturated carbocycles. The topological polar surface area (TPSA) is 186 Å². The van der Waals surface area contributed by atoms with Crippen LogP contribution >= 0.6 is 0 Å². The number of alkyl carbamates (subject to hydrolysis) is 1. The summed E-state index contributed by atoms with van der Waals surface area (Å²) in [6.45, 7) is 6.26. The zero-order valence-corrected chi connectivity index (χ0v) is 33.0. The van der Waals surface area contributed by atoms with Crippen LogP contribution in [-0.2, 0) is 19.1 Å². The number of carboxylic acid groups (broad SMARTS) is 1. The van der Waals surface area contributed by atoms with Gasteiger partial charge in [-0.25, -0.2) is 14.6 Å². The Labute approximate surface area is 337 Å². The summed E-state index contributed by atoms with van der Waals surface area (Å²) < 4.78 is 5.49. The smallest absolute Gasteiger partial charge is 0.408 e. The Morgan fingerprint density at radius 3 is 2.00 bits per heavy atom. The van der Waals surface area contributed by atoms with Crippen LogP contribution < -0.4 is 16.0 Å². The molecule has 1 aromatic heterocycles. The van der Waals surface area contributed by atoms with Gasteiger partial charge in [0.05, 0.1) is 11.7 Å². The largest absolute Gasteiger partial charge is 0.465 e. The number of carbonyl (C=O) groups is 5.